The number of hydrogen-bond donors (Lipinski definition) is 3. The van der Waals surface area contributed by atoms with Gasteiger partial charge < -0.3 is 16.0 Å². The standard InChI is InChI=1S/C23H37N5O/c1-15(2)13-21(25-17(5)20-11-9-8-10-12-20)14-24-23(29)26-22-18(6)27-28(16(3)4)19(22)7/h8-12,15-17,21,25H,13-14H2,1-7H3,(H2,24,26,29)/t17-,21+/m0/s1. The van der Waals surface area contributed by atoms with Crippen LogP contribution in [-0.2, 0) is 0 Å². The molecule has 160 valence electrons. The maximum absolute atomic E-state index is 12.6. The van der Waals surface area contributed by atoms with Gasteiger partial charge in [0, 0.05) is 24.7 Å². The summed E-state index contributed by atoms with van der Waals surface area (Å²) in [7, 11) is 0. The molecular formula is C23H37N5O. The minimum Gasteiger partial charge on any atom is -0.336 e. The number of benzene rings is 1. The van der Waals surface area contributed by atoms with E-state index in [-0.39, 0.29) is 24.2 Å². The van der Waals surface area contributed by atoms with Crippen molar-refractivity contribution >= 4 is 11.7 Å². The molecule has 1 aromatic heterocycles. The SMILES string of the molecule is Cc1nn(C(C)C)c(C)c1NC(=O)NC[C@@H](CC(C)C)N[C@@H](C)c1ccccc1. The quantitative estimate of drug-likeness (QED) is 0.558. The van der Waals surface area contributed by atoms with E-state index >= 15 is 0 Å². The van der Waals surface area contributed by atoms with Gasteiger partial charge in [-0.3, -0.25) is 4.68 Å². The predicted octanol–water partition coefficient (Wildman–Crippen LogP) is 4.97. The molecule has 0 aliphatic heterocycles. The van der Waals surface area contributed by atoms with Crippen molar-refractivity contribution in [2.45, 2.75) is 73.0 Å². The highest BCUT2D eigenvalue weighted by Gasteiger charge is 2.18. The van der Waals surface area contributed by atoms with E-state index in [1.165, 1.54) is 5.56 Å². The van der Waals surface area contributed by atoms with Crippen LogP contribution in [0.3, 0.4) is 0 Å². The number of hydrogen-bond acceptors (Lipinski definition) is 3. The lowest BCUT2D eigenvalue weighted by atomic mass is 10.0. The summed E-state index contributed by atoms with van der Waals surface area (Å²) in [5, 5.41) is 14.2. The molecule has 0 saturated heterocycles. The summed E-state index contributed by atoms with van der Waals surface area (Å²) >= 11 is 0. The van der Waals surface area contributed by atoms with Gasteiger partial charge in [-0.25, -0.2) is 4.79 Å². The van der Waals surface area contributed by atoms with E-state index in [1.807, 2.05) is 24.6 Å². The van der Waals surface area contributed by atoms with Crippen molar-refractivity contribution in [1.82, 2.24) is 20.4 Å². The van der Waals surface area contributed by atoms with Crippen LogP contribution in [0.5, 0.6) is 0 Å². The molecule has 0 fully saturated rings. The number of amides is 2. The molecule has 0 radical (unpaired) electrons. The molecule has 0 bridgehead atoms. The fourth-order valence-electron chi connectivity index (χ4n) is 3.69. The Morgan fingerprint density at radius 1 is 1.07 bits per heavy atom. The van der Waals surface area contributed by atoms with E-state index in [1.54, 1.807) is 0 Å². The smallest absolute Gasteiger partial charge is 0.319 e. The first-order valence-electron chi connectivity index (χ1n) is 10.6. The zero-order chi connectivity index (χ0) is 21.6. The topological polar surface area (TPSA) is 71.0 Å². The third-order valence-electron chi connectivity index (χ3n) is 5.10. The first-order chi connectivity index (χ1) is 13.7. The van der Waals surface area contributed by atoms with Crippen LogP contribution in [0.1, 0.15) is 70.1 Å². The highest BCUT2D eigenvalue weighted by atomic mass is 16.2. The lowest BCUT2D eigenvalue weighted by Gasteiger charge is -2.25. The van der Waals surface area contributed by atoms with Crippen LogP contribution in [0, 0.1) is 19.8 Å². The Hall–Kier alpha value is -2.34. The van der Waals surface area contributed by atoms with Crippen molar-refractivity contribution in [3.8, 4) is 0 Å². The number of urea groups is 1. The number of rotatable bonds is 9. The lowest BCUT2D eigenvalue weighted by molar-refractivity contribution is 0.249. The fourth-order valence-corrected chi connectivity index (χ4v) is 3.69. The van der Waals surface area contributed by atoms with Crippen LogP contribution < -0.4 is 16.0 Å². The van der Waals surface area contributed by atoms with Crippen molar-refractivity contribution in [2.75, 3.05) is 11.9 Å². The molecule has 0 aliphatic rings. The van der Waals surface area contributed by atoms with Crippen molar-refractivity contribution in [3.05, 3.63) is 47.3 Å². The number of nitrogens with zero attached hydrogens (tertiary/aromatic N) is 2. The van der Waals surface area contributed by atoms with Gasteiger partial charge in [0.05, 0.1) is 17.1 Å². The van der Waals surface area contributed by atoms with Gasteiger partial charge in [0.15, 0.2) is 0 Å². The van der Waals surface area contributed by atoms with Crippen molar-refractivity contribution in [3.63, 3.8) is 0 Å². The summed E-state index contributed by atoms with van der Waals surface area (Å²) in [6.07, 6.45) is 0.987. The summed E-state index contributed by atoms with van der Waals surface area (Å²) in [6, 6.07) is 10.9. The molecule has 3 N–H and O–H groups in total. The number of nitrogens with one attached hydrogen (secondary N) is 3. The van der Waals surface area contributed by atoms with Crippen LogP contribution in [0.15, 0.2) is 30.3 Å². The summed E-state index contributed by atoms with van der Waals surface area (Å²) in [5.74, 6) is 0.536. The molecule has 6 nitrogen and oxygen atoms in total. The number of aromatic nitrogens is 2. The second-order valence-electron chi connectivity index (χ2n) is 8.54. The molecule has 0 unspecified atom stereocenters. The van der Waals surface area contributed by atoms with E-state index in [2.05, 4.69) is 79.9 Å². The van der Waals surface area contributed by atoms with Crippen molar-refractivity contribution < 1.29 is 4.79 Å². The average Bonchev–Trinajstić information content (AvgIpc) is 2.94. The average molecular weight is 400 g/mol. The molecule has 2 rings (SSSR count). The Morgan fingerprint density at radius 2 is 1.72 bits per heavy atom. The van der Waals surface area contributed by atoms with Gasteiger partial charge in [0.25, 0.3) is 0 Å². The Balaban J connectivity index is 1.97. The molecule has 2 atom stereocenters. The van der Waals surface area contributed by atoms with Gasteiger partial charge in [0.2, 0.25) is 0 Å². The van der Waals surface area contributed by atoms with Crippen LogP contribution in [0.2, 0.25) is 0 Å². The fraction of sp³-hybridized carbons (Fsp3) is 0.565. The summed E-state index contributed by atoms with van der Waals surface area (Å²) in [5.41, 5.74) is 3.85. The molecule has 0 spiro atoms. The molecular weight excluding hydrogens is 362 g/mol. The predicted molar refractivity (Wildman–Crippen MR) is 120 cm³/mol. The van der Waals surface area contributed by atoms with Crippen molar-refractivity contribution in [2.24, 2.45) is 5.92 Å². The number of carbonyl (C=O) groups excluding carboxylic acids is 1. The molecule has 2 amide bonds. The van der Waals surface area contributed by atoms with E-state index in [0.717, 1.165) is 23.5 Å². The lowest BCUT2D eigenvalue weighted by Crippen LogP contribution is -2.44. The third-order valence-corrected chi connectivity index (χ3v) is 5.10. The number of anilines is 1. The second-order valence-corrected chi connectivity index (χ2v) is 8.54. The van der Waals surface area contributed by atoms with E-state index in [9.17, 15) is 4.79 Å². The van der Waals surface area contributed by atoms with Crippen LogP contribution in [-0.4, -0.2) is 28.4 Å². The molecule has 29 heavy (non-hydrogen) atoms. The molecule has 2 aromatic rings. The Labute approximate surface area is 175 Å². The normalized spacial score (nSPS) is 13.6. The largest absolute Gasteiger partial charge is 0.336 e. The zero-order valence-corrected chi connectivity index (χ0v) is 18.9. The van der Waals surface area contributed by atoms with Crippen LogP contribution in [0.4, 0.5) is 10.5 Å². The number of aryl methyl sites for hydroxylation is 1. The first kappa shape index (κ1) is 22.9. The molecule has 0 aliphatic carbocycles. The van der Waals surface area contributed by atoms with Gasteiger partial charge in [-0.2, -0.15) is 5.10 Å². The van der Waals surface area contributed by atoms with Crippen LogP contribution in [0.25, 0.3) is 0 Å². The summed E-state index contributed by atoms with van der Waals surface area (Å²) in [6.45, 7) is 15.2. The molecule has 1 heterocycles. The summed E-state index contributed by atoms with van der Waals surface area (Å²) < 4.78 is 1.94. The molecule has 1 aromatic carbocycles. The highest BCUT2D eigenvalue weighted by Crippen LogP contribution is 2.22. The second kappa shape index (κ2) is 10.4. The maximum atomic E-state index is 12.6. The van der Waals surface area contributed by atoms with Gasteiger partial charge >= 0.3 is 6.03 Å². The Kier molecular flexibility index (Phi) is 8.26. The van der Waals surface area contributed by atoms with E-state index < -0.39 is 0 Å². The maximum Gasteiger partial charge on any atom is 0.319 e. The highest BCUT2D eigenvalue weighted by molar-refractivity contribution is 5.90. The minimum atomic E-state index is -0.192. The first-order valence-corrected chi connectivity index (χ1v) is 10.6. The van der Waals surface area contributed by atoms with Gasteiger partial charge in [-0.05, 0) is 52.5 Å². The Morgan fingerprint density at radius 3 is 2.28 bits per heavy atom. The van der Waals surface area contributed by atoms with Gasteiger partial charge in [-0.1, -0.05) is 44.2 Å². The van der Waals surface area contributed by atoms with Gasteiger partial charge in [0.1, 0.15) is 0 Å². The van der Waals surface area contributed by atoms with Crippen LogP contribution >= 0.6 is 0 Å². The molecule has 6 heteroatoms. The molecule has 0 saturated carbocycles. The van der Waals surface area contributed by atoms with Gasteiger partial charge in [-0.15, -0.1) is 0 Å². The number of carbonyl (C=O) groups is 1. The van der Waals surface area contributed by atoms with E-state index in [0.29, 0.717) is 12.5 Å². The van der Waals surface area contributed by atoms with E-state index in [4.69, 9.17) is 0 Å². The zero-order valence-electron chi connectivity index (χ0n) is 18.9. The Bertz CT molecular complexity index is 782. The van der Waals surface area contributed by atoms with Crippen molar-refractivity contribution in [1.29, 1.82) is 0 Å². The third kappa shape index (κ3) is 6.60. The monoisotopic (exact) mass is 399 g/mol. The minimum absolute atomic E-state index is 0.191. The summed E-state index contributed by atoms with van der Waals surface area (Å²) in [4.78, 5) is 12.6.